The second-order valence-electron chi connectivity index (χ2n) is 4.36. The third-order valence-electron chi connectivity index (χ3n) is 2.87. The molecule has 0 heterocycles. The first-order valence-corrected chi connectivity index (χ1v) is 7.45. The largest absolute Gasteiger partial charge is 0.494 e. The van der Waals surface area contributed by atoms with Gasteiger partial charge in [-0.05, 0) is 24.3 Å². The minimum absolute atomic E-state index is 0.167. The Morgan fingerprint density at radius 1 is 0.913 bits per heavy atom. The van der Waals surface area contributed by atoms with Gasteiger partial charge in [0.15, 0.2) is 5.75 Å². The average Bonchev–Trinajstić information content (AvgIpc) is 2.52. The van der Waals surface area contributed by atoms with Crippen molar-refractivity contribution in [1.29, 1.82) is 0 Å². The van der Waals surface area contributed by atoms with Crippen molar-refractivity contribution in [3.63, 3.8) is 0 Å². The maximum absolute atomic E-state index is 12.1. The highest BCUT2D eigenvalue weighted by Gasteiger charge is 2.15. The van der Waals surface area contributed by atoms with Gasteiger partial charge in [0.25, 0.3) is 11.8 Å². The zero-order chi connectivity index (χ0) is 17.0. The number of benzene rings is 2. The Morgan fingerprint density at radius 3 is 2.04 bits per heavy atom. The monoisotopic (exact) mass is 372 g/mol. The molecular weight excluding hydrogens is 363 g/mol. The van der Waals surface area contributed by atoms with E-state index in [-0.39, 0.29) is 31.9 Å². The Balaban J connectivity index is 2.08. The number of carbonyl (C=O) groups is 2. The number of ether oxygens (including phenoxy) is 1. The lowest BCUT2D eigenvalue weighted by Gasteiger charge is -2.10. The molecule has 0 unspecified atom stereocenters. The van der Waals surface area contributed by atoms with Crippen LogP contribution in [0.25, 0.3) is 0 Å². The third-order valence-corrected chi connectivity index (χ3v) is 3.76. The lowest BCUT2D eigenvalue weighted by atomic mass is 10.2. The predicted octanol–water partition coefficient (Wildman–Crippen LogP) is 3.73. The van der Waals surface area contributed by atoms with Gasteiger partial charge in [-0.1, -0.05) is 46.9 Å². The standard InChI is InChI=1S/C15H11Cl3N2O3/c1-23-13-11(17)6-8(7-12(13)18)14(21)19-20-15(22)9-4-2-3-5-10(9)16/h2-7H,1H3,(H,19,21)(H,20,22). The molecule has 0 aliphatic heterocycles. The van der Waals surface area contributed by atoms with Crippen molar-refractivity contribution < 1.29 is 14.3 Å². The van der Waals surface area contributed by atoms with Crippen LogP contribution >= 0.6 is 34.8 Å². The van der Waals surface area contributed by atoms with E-state index in [1.807, 2.05) is 0 Å². The van der Waals surface area contributed by atoms with Crippen molar-refractivity contribution >= 4 is 46.6 Å². The second-order valence-corrected chi connectivity index (χ2v) is 5.58. The molecule has 0 fully saturated rings. The Kier molecular flexibility index (Phi) is 5.71. The maximum atomic E-state index is 12.1. The van der Waals surface area contributed by atoms with Crippen LogP contribution in [0.4, 0.5) is 0 Å². The van der Waals surface area contributed by atoms with Gasteiger partial charge >= 0.3 is 0 Å². The maximum Gasteiger partial charge on any atom is 0.271 e. The van der Waals surface area contributed by atoms with E-state index in [9.17, 15) is 9.59 Å². The van der Waals surface area contributed by atoms with Crippen LogP contribution in [0.2, 0.25) is 15.1 Å². The highest BCUT2D eigenvalue weighted by atomic mass is 35.5. The van der Waals surface area contributed by atoms with Crippen molar-refractivity contribution in [3.8, 4) is 5.75 Å². The van der Waals surface area contributed by atoms with Crippen LogP contribution in [0.1, 0.15) is 20.7 Å². The molecule has 2 amide bonds. The summed E-state index contributed by atoms with van der Waals surface area (Å²) < 4.78 is 5.00. The smallest absolute Gasteiger partial charge is 0.271 e. The highest BCUT2D eigenvalue weighted by Crippen LogP contribution is 2.33. The SMILES string of the molecule is COc1c(Cl)cc(C(=O)NNC(=O)c2ccccc2Cl)cc1Cl. The van der Waals surface area contributed by atoms with Crippen molar-refractivity contribution in [2.24, 2.45) is 0 Å². The molecule has 0 radical (unpaired) electrons. The molecule has 0 saturated carbocycles. The Bertz CT molecular complexity index is 742. The molecule has 23 heavy (non-hydrogen) atoms. The Hall–Kier alpha value is -1.95. The molecule has 0 bridgehead atoms. The lowest BCUT2D eigenvalue weighted by molar-refractivity contribution is 0.0846. The van der Waals surface area contributed by atoms with E-state index in [1.54, 1.807) is 18.2 Å². The number of rotatable bonds is 3. The number of nitrogens with one attached hydrogen (secondary N) is 2. The van der Waals surface area contributed by atoms with Crippen LogP contribution in [-0.4, -0.2) is 18.9 Å². The number of carbonyl (C=O) groups excluding carboxylic acids is 2. The van der Waals surface area contributed by atoms with Gasteiger partial charge in [-0.15, -0.1) is 0 Å². The van der Waals surface area contributed by atoms with Crippen molar-refractivity contribution in [1.82, 2.24) is 10.9 Å². The Labute approximate surface area is 147 Å². The van der Waals surface area contributed by atoms with Crippen molar-refractivity contribution in [2.45, 2.75) is 0 Å². The van der Waals surface area contributed by atoms with E-state index in [2.05, 4.69) is 10.9 Å². The summed E-state index contributed by atoms with van der Waals surface area (Å²) in [5.74, 6) is -0.864. The molecule has 0 aromatic heterocycles. The topological polar surface area (TPSA) is 67.4 Å². The van der Waals surface area contributed by atoms with Gasteiger partial charge in [0, 0.05) is 5.56 Å². The number of methoxy groups -OCH3 is 1. The summed E-state index contributed by atoms with van der Waals surface area (Å²) in [6.07, 6.45) is 0. The van der Waals surface area contributed by atoms with Gasteiger partial charge < -0.3 is 4.74 Å². The van der Waals surface area contributed by atoms with E-state index in [4.69, 9.17) is 39.5 Å². The molecule has 2 N–H and O–H groups in total. The van der Waals surface area contributed by atoms with Crippen molar-refractivity contribution in [3.05, 3.63) is 62.6 Å². The predicted molar refractivity (Wildman–Crippen MR) is 89.4 cm³/mol. The number of amides is 2. The fraction of sp³-hybridized carbons (Fsp3) is 0.0667. The van der Waals surface area contributed by atoms with Crippen LogP contribution < -0.4 is 15.6 Å². The van der Waals surface area contributed by atoms with Gasteiger partial charge in [0.1, 0.15) is 0 Å². The van der Waals surface area contributed by atoms with E-state index in [0.717, 1.165) is 0 Å². The summed E-state index contributed by atoms with van der Waals surface area (Å²) in [6.45, 7) is 0. The summed E-state index contributed by atoms with van der Waals surface area (Å²) in [4.78, 5) is 24.0. The fourth-order valence-corrected chi connectivity index (χ4v) is 2.65. The van der Waals surface area contributed by atoms with Crippen LogP contribution in [-0.2, 0) is 0 Å². The molecular formula is C15H11Cl3N2O3. The van der Waals surface area contributed by atoms with Crippen LogP contribution in [0, 0.1) is 0 Å². The molecule has 2 aromatic rings. The molecule has 0 aliphatic carbocycles. The third kappa shape index (κ3) is 4.07. The molecule has 0 saturated heterocycles. The molecule has 0 spiro atoms. The first-order valence-electron chi connectivity index (χ1n) is 6.32. The normalized spacial score (nSPS) is 10.1. The summed E-state index contributed by atoms with van der Waals surface area (Å²) in [5, 5.41) is 0.639. The second kappa shape index (κ2) is 7.55. The quantitative estimate of drug-likeness (QED) is 0.806. The zero-order valence-corrected chi connectivity index (χ0v) is 14.1. The van der Waals surface area contributed by atoms with Crippen LogP contribution in [0.3, 0.4) is 0 Å². The summed E-state index contributed by atoms with van der Waals surface area (Å²) in [7, 11) is 1.41. The molecule has 120 valence electrons. The number of halogens is 3. The van der Waals surface area contributed by atoms with Gasteiger partial charge in [0.2, 0.25) is 0 Å². The summed E-state index contributed by atoms with van der Waals surface area (Å²) in [5.41, 5.74) is 4.93. The summed E-state index contributed by atoms with van der Waals surface area (Å²) >= 11 is 17.8. The molecule has 0 atom stereocenters. The fourth-order valence-electron chi connectivity index (χ4n) is 1.78. The van der Waals surface area contributed by atoms with E-state index in [1.165, 1.54) is 25.3 Å². The van der Waals surface area contributed by atoms with E-state index in [0.29, 0.717) is 0 Å². The number of hydrogen-bond acceptors (Lipinski definition) is 3. The minimum Gasteiger partial charge on any atom is -0.494 e. The number of hydrazine groups is 1. The minimum atomic E-state index is -0.586. The first-order chi connectivity index (χ1) is 10.9. The van der Waals surface area contributed by atoms with Gasteiger partial charge in [-0.25, -0.2) is 0 Å². The van der Waals surface area contributed by atoms with Crippen LogP contribution in [0.15, 0.2) is 36.4 Å². The van der Waals surface area contributed by atoms with Gasteiger partial charge in [-0.3, -0.25) is 20.4 Å². The Morgan fingerprint density at radius 2 is 1.48 bits per heavy atom. The first kappa shape index (κ1) is 17.4. The van der Waals surface area contributed by atoms with E-state index < -0.39 is 11.8 Å². The van der Waals surface area contributed by atoms with Crippen molar-refractivity contribution in [2.75, 3.05) is 7.11 Å². The highest BCUT2D eigenvalue weighted by molar-refractivity contribution is 6.37. The molecule has 5 nitrogen and oxygen atoms in total. The number of hydrogen-bond donors (Lipinski definition) is 2. The molecule has 0 aliphatic rings. The van der Waals surface area contributed by atoms with Gasteiger partial charge in [-0.2, -0.15) is 0 Å². The zero-order valence-electron chi connectivity index (χ0n) is 11.8. The lowest BCUT2D eigenvalue weighted by Crippen LogP contribution is -2.41. The molecule has 2 aromatic carbocycles. The average molecular weight is 374 g/mol. The molecule has 8 heteroatoms. The van der Waals surface area contributed by atoms with Gasteiger partial charge in [0.05, 0.1) is 27.7 Å². The molecule has 2 rings (SSSR count). The van der Waals surface area contributed by atoms with E-state index >= 15 is 0 Å². The summed E-state index contributed by atoms with van der Waals surface area (Å²) in [6, 6.07) is 9.21. The van der Waals surface area contributed by atoms with Crippen LogP contribution in [0.5, 0.6) is 5.75 Å².